The second-order valence-corrected chi connectivity index (χ2v) is 6.31. The third kappa shape index (κ3) is 2.35. The average molecular weight is 333 g/mol. The van der Waals surface area contributed by atoms with Crippen molar-refractivity contribution in [2.75, 3.05) is 11.4 Å². The zero-order chi connectivity index (χ0) is 17.6. The van der Waals surface area contributed by atoms with E-state index in [0.29, 0.717) is 29.7 Å². The largest absolute Gasteiger partial charge is 0.312 e. The minimum absolute atomic E-state index is 0.0751. The summed E-state index contributed by atoms with van der Waals surface area (Å²) < 4.78 is 1.56. The second-order valence-electron chi connectivity index (χ2n) is 6.31. The van der Waals surface area contributed by atoms with Gasteiger partial charge in [0.1, 0.15) is 5.82 Å². The van der Waals surface area contributed by atoms with E-state index in [9.17, 15) is 9.59 Å². The summed E-state index contributed by atoms with van der Waals surface area (Å²) in [6.07, 6.45) is 0.420. The first-order chi connectivity index (χ1) is 12.1. The van der Waals surface area contributed by atoms with Crippen LogP contribution in [-0.2, 0) is 18.3 Å². The topological polar surface area (TPSA) is 55.2 Å². The van der Waals surface area contributed by atoms with Crippen LogP contribution in [0.2, 0.25) is 0 Å². The molecule has 5 nitrogen and oxygen atoms in total. The summed E-state index contributed by atoms with van der Waals surface area (Å²) in [4.78, 5) is 31.9. The number of aromatic nitrogens is 2. The van der Waals surface area contributed by atoms with Crippen molar-refractivity contribution in [1.29, 1.82) is 0 Å². The van der Waals surface area contributed by atoms with Gasteiger partial charge in [-0.2, -0.15) is 0 Å². The number of carbonyl (C=O) groups is 1. The van der Waals surface area contributed by atoms with E-state index in [1.165, 1.54) is 0 Å². The summed E-state index contributed by atoms with van der Waals surface area (Å²) in [6, 6.07) is 15.2. The lowest BCUT2D eigenvalue weighted by Crippen LogP contribution is -2.30. The van der Waals surface area contributed by atoms with Crippen LogP contribution in [0.15, 0.2) is 53.3 Å². The van der Waals surface area contributed by atoms with Gasteiger partial charge in [-0.05, 0) is 30.7 Å². The molecule has 0 aliphatic carbocycles. The van der Waals surface area contributed by atoms with Crippen LogP contribution < -0.4 is 10.5 Å². The van der Waals surface area contributed by atoms with Gasteiger partial charge in [-0.15, -0.1) is 0 Å². The van der Waals surface area contributed by atoms with Crippen molar-refractivity contribution >= 4 is 22.5 Å². The zero-order valence-corrected chi connectivity index (χ0v) is 14.3. The van der Waals surface area contributed by atoms with E-state index in [1.54, 1.807) is 22.6 Å². The first-order valence-electron chi connectivity index (χ1n) is 8.46. The highest BCUT2D eigenvalue weighted by Crippen LogP contribution is 2.38. The maximum atomic E-state index is 12.9. The van der Waals surface area contributed by atoms with Crippen LogP contribution in [0.4, 0.5) is 5.69 Å². The number of amides is 1. The van der Waals surface area contributed by atoms with E-state index in [-0.39, 0.29) is 17.4 Å². The molecule has 1 aromatic heterocycles. The summed E-state index contributed by atoms with van der Waals surface area (Å²) in [5.74, 6) is 0.413. The summed E-state index contributed by atoms with van der Waals surface area (Å²) in [6.45, 7) is 2.61. The van der Waals surface area contributed by atoms with Crippen molar-refractivity contribution in [3.05, 3.63) is 70.3 Å². The molecule has 2 heterocycles. The molecule has 0 unspecified atom stereocenters. The van der Waals surface area contributed by atoms with Gasteiger partial charge in [0.2, 0.25) is 5.91 Å². The highest BCUT2D eigenvalue weighted by Gasteiger charge is 2.36. The molecule has 4 rings (SSSR count). The first-order valence-corrected chi connectivity index (χ1v) is 8.46. The molecule has 0 saturated carbocycles. The van der Waals surface area contributed by atoms with Crippen molar-refractivity contribution in [1.82, 2.24) is 9.55 Å². The van der Waals surface area contributed by atoms with E-state index in [4.69, 9.17) is 0 Å². The average Bonchev–Trinajstić information content (AvgIpc) is 2.91. The van der Waals surface area contributed by atoms with Crippen molar-refractivity contribution in [3.8, 4) is 0 Å². The molecule has 0 saturated heterocycles. The molecule has 0 radical (unpaired) electrons. The Balaban J connectivity index is 1.81. The van der Waals surface area contributed by atoms with Crippen LogP contribution in [0.1, 0.15) is 24.2 Å². The number of likely N-dealkylation sites (N-methyl/N-ethyl adjacent to an activating group) is 1. The molecule has 0 N–H and O–H groups in total. The van der Waals surface area contributed by atoms with Gasteiger partial charge in [0.05, 0.1) is 16.8 Å². The molecule has 0 fully saturated rings. The van der Waals surface area contributed by atoms with Gasteiger partial charge in [-0.1, -0.05) is 30.3 Å². The Kier molecular flexibility index (Phi) is 3.64. The number of fused-ring (bicyclic) bond motifs is 2. The van der Waals surface area contributed by atoms with Crippen LogP contribution in [0.3, 0.4) is 0 Å². The number of anilines is 1. The molecule has 1 amide bonds. The van der Waals surface area contributed by atoms with Gasteiger partial charge in [0.25, 0.3) is 5.56 Å². The van der Waals surface area contributed by atoms with Crippen molar-refractivity contribution in [3.63, 3.8) is 0 Å². The maximum absolute atomic E-state index is 12.9. The summed E-state index contributed by atoms with van der Waals surface area (Å²) in [7, 11) is 1.72. The highest BCUT2D eigenvalue weighted by atomic mass is 16.2. The van der Waals surface area contributed by atoms with Crippen LogP contribution >= 0.6 is 0 Å². The fraction of sp³-hybridized carbons (Fsp3) is 0.250. The van der Waals surface area contributed by atoms with Crippen LogP contribution in [0, 0.1) is 0 Å². The Morgan fingerprint density at radius 3 is 2.56 bits per heavy atom. The molecule has 25 heavy (non-hydrogen) atoms. The predicted molar refractivity (Wildman–Crippen MR) is 97.9 cm³/mol. The Labute approximate surface area is 145 Å². The first kappa shape index (κ1) is 15.6. The summed E-state index contributed by atoms with van der Waals surface area (Å²) >= 11 is 0. The van der Waals surface area contributed by atoms with Gasteiger partial charge in [0, 0.05) is 25.7 Å². The lowest BCUT2D eigenvalue weighted by molar-refractivity contribution is -0.119. The third-order valence-corrected chi connectivity index (χ3v) is 4.95. The lowest BCUT2D eigenvalue weighted by Gasteiger charge is -2.16. The van der Waals surface area contributed by atoms with Gasteiger partial charge in [-0.3, -0.25) is 14.2 Å². The molecular formula is C20H19N3O2. The van der Waals surface area contributed by atoms with E-state index >= 15 is 0 Å². The number of hydrogen-bond acceptors (Lipinski definition) is 3. The molecule has 126 valence electrons. The van der Waals surface area contributed by atoms with E-state index < -0.39 is 0 Å². The SMILES string of the molecule is CCN1C(=O)[C@H](Cc2nc3ccccc3c(=O)n2C)c2ccccc21. The monoisotopic (exact) mass is 333 g/mol. The highest BCUT2D eigenvalue weighted by molar-refractivity contribution is 6.05. The fourth-order valence-electron chi connectivity index (χ4n) is 3.62. The van der Waals surface area contributed by atoms with Gasteiger partial charge in [-0.25, -0.2) is 4.98 Å². The Morgan fingerprint density at radius 2 is 1.76 bits per heavy atom. The molecule has 5 heteroatoms. The molecule has 1 aliphatic heterocycles. The van der Waals surface area contributed by atoms with Gasteiger partial charge in [0.15, 0.2) is 0 Å². The normalized spacial score (nSPS) is 16.5. The number of rotatable bonds is 3. The second kappa shape index (κ2) is 5.84. The molecule has 2 aromatic carbocycles. The molecular weight excluding hydrogens is 314 g/mol. The number of carbonyl (C=O) groups excluding carboxylic acids is 1. The number of para-hydroxylation sites is 2. The summed E-state index contributed by atoms with van der Waals surface area (Å²) in [5, 5.41) is 0.599. The van der Waals surface area contributed by atoms with Crippen LogP contribution in [-0.4, -0.2) is 22.0 Å². The third-order valence-electron chi connectivity index (χ3n) is 4.95. The van der Waals surface area contributed by atoms with Gasteiger partial charge < -0.3 is 4.90 Å². The Hall–Kier alpha value is -2.95. The van der Waals surface area contributed by atoms with Crippen molar-refractivity contribution in [2.24, 2.45) is 7.05 Å². The summed E-state index contributed by atoms with van der Waals surface area (Å²) in [5.41, 5.74) is 2.57. The minimum Gasteiger partial charge on any atom is -0.312 e. The lowest BCUT2D eigenvalue weighted by atomic mass is 9.97. The maximum Gasteiger partial charge on any atom is 0.261 e. The van der Waals surface area contributed by atoms with Gasteiger partial charge >= 0.3 is 0 Å². The van der Waals surface area contributed by atoms with Crippen molar-refractivity contribution in [2.45, 2.75) is 19.3 Å². The number of benzene rings is 2. The molecule has 0 spiro atoms. The number of nitrogens with zero attached hydrogens (tertiary/aromatic N) is 3. The van der Waals surface area contributed by atoms with Crippen molar-refractivity contribution < 1.29 is 4.79 Å². The minimum atomic E-state index is -0.296. The van der Waals surface area contributed by atoms with E-state index in [1.807, 2.05) is 49.4 Å². The molecule has 3 aromatic rings. The van der Waals surface area contributed by atoms with E-state index in [0.717, 1.165) is 11.3 Å². The number of hydrogen-bond donors (Lipinski definition) is 0. The van der Waals surface area contributed by atoms with Crippen LogP contribution in [0.25, 0.3) is 10.9 Å². The molecule has 1 aliphatic rings. The smallest absolute Gasteiger partial charge is 0.261 e. The fourth-order valence-corrected chi connectivity index (χ4v) is 3.62. The zero-order valence-electron chi connectivity index (χ0n) is 14.3. The Morgan fingerprint density at radius 1 is 1.04 bits per heavy atom. The van der Waals surface area contributed by atoms with Crippen LogP contribution in [0.5, 0.6) is 0 Å². The molecule has 1 atom stereocenters. The molecule has 0 bridgehead atoms. The van der Waals surface area contributed by atoms with E-state index in [2.05, 4.69) is 4.98 Å². The predicted octanol–water partition coefficient (Wildman–Crippen LogP) is 2.63. The standard InChI is InChI=1S/C20H19N3O2/c1-3-23-17-11-7-5-8-13(17)15(20(23)25)12-18-21-16-10-6-4-9-14(16)19(24)22(18)2/h4-11,15H,3,12H2,1-2H3/t15-/m1/s1. The quantitative estimate of drug-likeness (QED) is 0.740. The Bertz CT molecular complexity index is 1040.